The van der Waals surface area contributed by atoms with E-state index in [9.17, 15) is 14.0 Å². The molecule has 2 rings (SSSR count). The molecule has 0 aliphatic rings. The van der Waals surface area contributed by atoms with Gasteiger partial charge >= 0.3 is 5.97 Å². The Balaban J connectivity index is 1.78. The summed E-state index contributed by atoms with van der Waals surface area (Å²) in [6.07, 6.45) is 0.559. The monoisotopic (exact) mass is 391 g/mol. The molecule has 1 amide bonds. The fourth-order valence-electron chi connectivity index (χ4n) is 2.44. The molecule has 28 heavy (non-hydrogen) atoms. The molecule has 8 heteroatoms. The molecule has 0 atom stereocenters. The van der Waals surface area contributed by atoms with Crippen molar-refractivity contribution >= 4 is 11.9 Å². The number of nitrogens with one attached hydrogen (secondary N) is 1. The SMILES string of the molecule is COc1ccc(C(=O)OCC(=O)NCCc2ccc(OC)c(OC)c2)cc1F. The summed E-state index contributed by atoms with van der Waals surface area (Å²) >= 11 is 0. The highest BCUT2D eigenvalue weighted by atomic mass is 19.1. The number of carbonyl (C=O) groups is 2. The Morgan fingerprint density at radius 2 is 1.61 bits per heavy atom. The van der Waals surface area contributed by atoms with Crippen molar-refractivity contribution in [2.24, 2.45) is 0 Å². The molecule has 0 heterocycles. The zero-order chi connectivity index (χ0) is 20.5. The van der Waals surface area contributed by atoms with E-state index in [0.29, 0.717) is 24.5 Å². The van der Waals surface area contributed by atoms with E-state index in [1.807, 2.05) is 12.1 Å². The third-order valence-electron chi connectivity index (χ3n) is 3.91. The number of hydrogen-bond acceptors (Lipinski definition) is 6. The van der Waals surface area contributed by atoms with E-state index < -0.39 is 24.3 Å². The topological polar surface area (TPSA) is 83.1 Å². The van der Waals surface area contributed by atoms with Crippen molar-refractivity contribution in [1.29, 1.82) is 0 Å². The maximum Gasteiger partial charge on any atom is 0.338 e. The van der Waals surface area contributed by atoms with Gasteiger partial charge in [0.15, 0.2) is 29.7 Å². The van der Waals surface area contributed by atoms with Crippen LogP contribution in [0.15, 0.2) is 36.4 Å². The second-order valence-corrected chi connectivity index (χ2v) is 5.71. The van der Waals surface area contributed by atoms with E-state index in [-0.39, 0.29) is 11.3 Å². The molecule has 0 unspecified atom stereocenters. The fourth-order valence-corrected chi connectivity index (χ4v) is 2.44. The van der Waals surface area contributed by atoms with Gasteiger partial charge in [0.25, 0.3) is 5.91 Å². The summed E-state index contributed by atoms with van der Waals surface area (Å²) in [6.45, 7) is -0.110. The average Bonchev–Trinajstić information content (AvgIpc) is 2.71. The van der Waals surface area contributed by atoms with Gasteiger partial charge in [0.05, 0.1) is 26.9 Å². The van der Waals surface area contributed by atoms with Crippen molar-refractivity contribution in [2.45, 2.75) is 6.42 Å². The Morgan fingerprint density at radius 3 is 2.25 bits per heavy atom. The van der Waals surface area contributed by atoms with Crippen molar-refractivity contribution in [3.05, 3.63) is 53.3 Å². The maximum absolute atomic E-state index is 13.6. The van der Waals surface area contributed by atoms with Gasteiger partial charge in [-0.2, -0.15) is 0 Å². The minimum absolute atomic E-state index is 0.00331. The molecule has 2 aromatic carbocycles. The van der Waals surface area contributed by atoms with Gasteiger partial charge in [-0.05, 0) is 42.3 Å². The highest BCUT2D eigenvalue weighted by Gasteiger charge is 2.13. The van der Waals surface area contributed by atoms with Gasteiger partial charge in [-0.15, -0.1) is 0 Å². The molecule has 150 valence electrons. The standard InChI is InChI=1S/C20H22FNO6/c1-25-16-7-5-14(11-15(16)21)20(24)28-12-19(23)22-9-8-13-4-6-17(26-2)18(10-13)27-3/h4-7,10-11H,8-9,12H2,1-3H3,(H,22,23). The van der Waals surface area contributed by atoms with Crippen molar-refractivity contribution < 1.29 is 32.9 Å². The first kappa shape index (κ1) is 21.0. The number of ether oxygens (including phenoxy) is 4. The first-order valence-electron chi connectivity index (χ1n) is 8.46. The van der Waals surface area contributed by atoms with Crippen LogP contribution < -0.4 is 19.5 Å². The van der Waals surface area contributed by atoms with Crippen molar-refractivity contribution in [1.82, 2.24) is 5.32 Å². The number of amides is 1. The Bertz CT molecular complexity index is 839. The molecule has 0 aliphatic heterocycles. The van der Waals surface area contributed by atoms with Gasteiger partial charge in [0.1, 0.15) is 0 Å². The third kappa shape index (κ3) is 5.60. The summed E-state index contributed by atoms with van der Waals surface area (Å²) in [5, 5.41) is 2.65. The first-order valence-corrected chi connectivity index (χ1v) is 8.46. The lowest BCUT2D eigenvalue weighted by molar-refractivity contribution is -0.124. The van der Waals surface area contributed by atoms with E-state index in [1.54, 1.807) is 20.3 Å². The van der Waals surface area contributed by atoms with Crippen LogP contribution in [0.3, 0.4) is 0 Å². The van der Waals surface area contributed by atoms with E-state index in [0.717, 1.165) is 11.6 Å². The summed E-state index contributed by atoms with van der Waals surface area (Å²) in [7, 11) is 4.43. The summed E-state index contributed by atoms with van der Waals surface area (Å²) in [5.41, 5.74) is 0.945. The zero-order valence-corrected chi connectivity index (χ0v) is 15.9. The number of hydrogen-bond donors (Lipinski definition) is 1. The van der Waals surface area contributed by atoms with E-state index in [4.69, 9.17) is 18.9 Å². The lowest BCUT2D eigenvalue weighted by Crippen LogP contribution is -2.30. The minimum Gasteiger partial charge on any atom is -0.494 e. The smallest absolute Gasteiger partial charge is 0.338 e. The van der Waals surface area contributed by atoms with E-state index in [1.165, 1.54) is 19.2 Å². The van der Waals surface area contributed by atoms with Crippen molar-refractivity contribution in [2.75, 3.05) is 34.5 Å². The summed E-state index contributed by atoms with van der Waals surface area (Å²) in [5.74, 6) is -0.690. The van der Waals surface area contributed by atoms with Crippen molar-refractivity contribution in [3.8, 4) is 17.2 Å². The Kier molecular flexibility index (Phi) is 7.62. The maximum atomic E-state index is 13.6. The molecule has 0 fully saturated rings. The Labute approximate surface area is 162 Å². The van der Waals surface area contributed by atoms with Crippen LogP contribution in [0, 0.1) is 5.82 Å². The quantitative estimate of drug-likeness (QED) is 0.661. The molecule has 0 aromatic heterocycles. The van der Waals surface area contributed by atoms with Gasteiger partial charge in [0, 0.05) is 6.54 Å². The van der Waals surface area contributed by atoms with Gasteiger partial charge in [-0.25, -0.2) is 9.18 Å². The van der Waals surface area contributed by atoms with Crippen LogP contribution in [0.4, 0.5) is 4.39 Å². The van der Waals surface area contributed by atoms with Crippen molar-refractivity contribution in [3.63, 3.8) is 0 Å². The number of halogens is 1. The van der Waals surface area contributed by atoms with Gasteiger partial charge < -0.3 is 24.3 Å². The van der Waals surface area contributed by atoms with Crippen LogP contribution in [0.2, 0.25) is 0 Å². The zero-order valence-electron chi connectivity index (χ0n) is 15.9. The summed E-state index contributed by atoms with van der Waals surface area (Å²) < 4.78 is 33.7. The Hall–Kier alpha value is -3.29. The number of carbonyl (C=O) groups excluding carboxylic acids is 2. The largest absolute Gasteiger partial charge is 0.494 e. The second-order valence-electron chi connectivity index (χ2n) is 5.71. The minimum atomic E-state index is -0.795. The molecule has 0 spiro atoms. The number of rotatable bonds is 9. The molecule has 7 nitrogen and oxygen atoms in total. The summed E-state index contributed by atoms with van der Waals surface area (Å²) in [6, 6.07) is 9.14. The van der Waals surface area contributed by atoms with Crippen LogP contribution in [0.25, 0.3) is 0 Å². The van der Waals surface area contributed by atoms with Crippen LogP contribution in [-0.2, 0) is 16.0 Å². The number of benzene rings is 2. The average molecular weight is 391 g/mol. The highest BCUT2D eigenvalue weighted by molar-refractivity contribution is 5.91. The molecule has 1 N–H and O–H groups in total. The Morgan fingerprint density at radius 1 is 0.929 bits per heavy atom. The predicted molar refractivity (Wildman–Crippen MR) is 99.5 cm³/mol. The molecule has 0 saturated carbocycles. The molecule has 2 aromatic rings. The van der Waals surface area contributed by atoms with E-state index >= 15 is 0 Å². The molecule has 0 radical (unpaired) electrons. The molecule has 0 aliphatic carbocycles. The van der Waals surface area contributed by atoms with Gasteiger partial charge in [0.2, 0.25) is 0 Å². The first-order chi connectivity index (χ1) is 13.5. The fraction of sp³-hybridized carbons (Fsp3) is 0.300. The predicted octanol–water partition coefficient (Wildman–Crippen LogP) is 2.37. The van der Waals surface area contributed by atoms with Crippen LogP contribution in [0.5, 0.6) is 17.2 Å². The molecule has 0 bridgehead atoms. The number of methoxy groups -OCH3 is 3. The summed E-state index contributed by atoms with van der Waals surface area (Å²) in [4.78, 5) is 23.7. The molecular weight excluding hydrogens is 369 g/mol. The number of esters is 1. The lowest BCUT2D eigenvalue weighted by atomic mass is 10.1. The molecule has 0 saturated heterocycles. The molecular formula is C20H22FNO6. The van der Waals surface area contributed by atoms with Crippen LogP contribution >= 0.6 is 0 Å². The van der Waals surface area contributed by atoms with Crippen LogP contribution in [-0.4, -0.2) is 46.4 Å². The van der Waals surface area contributed by atoms with E-state index in [2.05, 4.69) is 5.32 Å². The van der Waals surface area contributed by atoms with Gasteiger partial charge in [-0.1, -0.05) is 6.07 Å². The van der Waals surface area contributed by atoms with Crippen LogP contribution in [0.1, 0.15) is 15.9 Å². The third-order valence-corrected chi connectivity index (χ3v) is 3.91. The lowest BCUT2D eigenvalue weighted by Gasteiger charge is -2.10. The highest BCUT2D eigenvalue weighted by Crippen LogP contribution is 2.27. The van der Waals surface area contributed by atoms with Gasteiger partial charge in [-0.3, -0.25) is 4.79 Å². The normalized spacial score (nSPS) is 10.1. The second kappa shape index (κ2) is 10.1.